The highest BCUT2D eigenvalue weighted by atomic mass is 14.2. The molecule has 0 heteroatoms. The summed E-state index contributed by atoms with van der Waals surface area (Å²) in [6.45, 7) is 0. The van der Waals surface area contributed by atoms with E-state index in [4.69, 9.17) is 0 Å². The monoisotopic (exact) mass is 532 g/mol. The van der Waals surface area contributed by atoms with Gasteiger partial charge in [0.15, 0.2) is 0 Å². The summed E-state index contributed by atoms with van der Waals surface area (Å²) in [5.74, 6) is 0. The van der Waals surface area contributed by atoms with Gasteiger partial charge in [-0.15, -0.1) is 0 Å². The molecule has 8 aromatic rings. The molecular weight excluding hydrogens is 504 g/mol. The minimum Gasteiger partial charge on any atom is -0.0616 e. The molecule has 0 amide bonds. The third-order valence-corrected chi connectivity index (χ3v) is 8.49. The third kappa shape index (κ3) is 4.17. The molecule has 0 nitrogen and oxygen atoms in total. The number of rotatable bonds is 4. The Morgan fingerprint density at radius 3 is 1.10 bits per heavy atom. The first-order valence-electron chi connectivity index (χ1n) is 14.5. The van der Waals surface area contributed by atoms with Crippen LogP contribution in [0.5, 0.6) is 0 Å². The molecule has 0 fully saturated rings. The van der Waals surface area contributed by atoms with E-state index in [1.165, 1.54) is 76.8 Å². The van der Waals surface area contributed by atoms with Crippen LogP contribution in [0, 0.1) is 0 Å². The predicted octanol–water partition coefficient (Wildman–Crippen LogP) is 11.8. The molecule has 8 rings (SSSR count). The molecule has 42 heavy (non-hydrogen) atoms. The molecule has 0 atom stereocenters. The van der Waals surface area contributed by atoms with Gasteiger partial charge in [0.25, 0.3) is 0 Å². The van der Waals surface area contributed by atoms with Gasteiger partial charge >= 0.3 is 0 Å². The quantitative estimate of drug-likeness (QED) is 0.211. The van der Waals surface area contributed by atoms with Gasteiger partial charge in [-0.25, -0.2) is 0 Å². The molecule has 0 saturated heterocycles. The van der Waals surface area contributed by atoms with Crippen molar-refractivity contribution in [3.05, 3.63) is 170 Å². The first kappa shape index (κ1) is 24.3. The van der Waals surface area contributed by atoms with Crippen LogP contribution in [-0.2, 0) is 0 Å². The van der Waals surface area contributed by atoms with Gasteiger partial charge in [-0.05, 0) is 82.9 Å². The molecular formula is C42H28. The second-order valence-electron chi connectivity index (χ2n) is 10.9. The lowest BCUT2D eigenvalue weighted by molar-refractivity contribution is 1.60. The Balaban J connectivity index is 1.21. The Morgan fingerprint density at radius 2 is 0.571 bits per heavy atom. The highest BCUT2D eigenvalue weighted by molar-refractivity contribution is 6.06. The van der Waals surface area contributed by atoms with Crippen LogP contribution in [0.3, 0.4) is 0 Å². The summed E-state index contributed by atoms with van der Waals surface area (Å²) in [6, 6.07) is 61.7. The van der Waals surface area contributed by atoms with E-state index in [1.807, 2.05) is 0 Å². The molecule has 0 radical (unpaired) electrons. The van der Waals surface area contributed by atoms with E-state index in [0.717, 1.165) is 0 Å². The summed E-state index contributed by atoms with van der Waals surface area (Å²) in [4.78, 5) is 0. The van der Waals surface area contributed by atoms with Crippen molar-refractivity contribution in [1.29, 1.82) is 0 Å². The lowest BCUT2D eigenvalue weighted by atomic mass is 9.90. The average molecular weight is 533 g/mol. The summed E-state index contributed by atoms with van der Waals surface area (Å²) in [5, 5.41) is 7.64. The summed E-state index contributed by atoms with van der Waals surface area (Å²) >= 11 is 0. The zero-order chi connectivity index (χ0) is 27.9. The van der Waals surface area contributed by atoms with Gasteiger partial charge in [-0.3, -0.25) is 0 Å². The van der Waals surface area contributed by atoms with Crippen LogP contribution in [0.4, 0.5) is 0 Å². The highest BCUT2D eigenvalue weighted by Crippen LogP contribution is 2.38. The van der Waals surface area contributed by atoms with E-state index < -0.39 is 0 Å². The normalized spacial score (nSPS) is 11.3. The van der Waals surface area contributed by atoms with Crippen LogP contribution in [0.1, 0.15) is 0 Å². The van der Waals surface area contributed by atoms with Gasteiger partial charge in [-0.1, -0.05) is 164 Å². The van der Waals surface area contributed by atoms with Crippen LogP contribution in [0.2, 0.25) is 0 Å². The molecule has 0 unspecified atom stereocenters. The van der Waals surface area contributed by atoms with Crippen molar-refractivity contribution >= 4 is 32.3 Å². The predicted molar refractivity (Wildman–Crippen MR) is 181 cm³/mol. The number of hydrogen-bond donors (Lipinski definition) is 0. The molecule has 196 valence electrons. The second-order valence-corrected chi connectivity index (χ2v) is 10.9. The van der Waals surface area contributed by atoms with E-state index in [2.05, 4.69) is 170 Å². The van der Waals surface area contributed by atoms with Crippen molar-refractivity contribution < 1.29 is 0 Å². The summed E-state index contributed by atoms with van der Waals surface area (Å²) in [6.07, 6.45) is 0. The molecule has 0 N–H and O–H groups in total. The molecule has 0 aromatic heterocycles. The van der Waals surface area contributed by atoms with E-state index in [0.29, 0.717) is 0 Å². The fraction of sp³-hybridized carbons (Fsp3) is 0. The minimum atomic E-state index is 1.23. The Kier molecular flexibility index (Phi) is 5.90. The van der Waals surface area contributed by atoms with Crippen molar-refractivity contribution in [3.8, 4) is 44.5 Å². The lowest BCUT2D eigenvalue weighted by Gasteiger charge is -2.14. The number of benzene rings is 8. The van der Waals surface area contributed by atoms with Gasteiger partial charge < -0.3 is 0 Å². The first-order chi connectivity index (χ1) is 20.8. The van der Waals surface area contributed by atoms with Crippen molar-refractivity contribution in [3.63, 3.8) is 0 Å². The molecule has 0 aliphatic carbocycles. The summed E-state index contributed by atoms with van der Waals surface area (Å²) < 4.78 is 0. The van der Waals surface area contributed by atoms with Crippen LogP contribution in [-0.4, -0.2) is 0 Å². The van der Waals surface area contributed by atoms with Crippen LogP contribution in [0.25, 0.3) is 76.8 Å². The second kappa shape index (κ2) is 10.2. The van der Waals surface area contributed by atoms with Gasteiger partial charge in [0.1, 0.15) is 0 Å². The maximum Gasteiger partial charge on any atom is -0.00992 e. The van der Waals surface area contributed by atoms with Crippen molar-refractivity contribution in [2.24, 2.45) is 0 Å². The van der Waals surface area contributed by atoms with Gasteiger partial charge in [0.2, 0.25) is 0 Å². The van der Waals surface area contributed by atoms with Crippen LogP contribution >= 0.6 is 0 Å². The zero-order valence-corrected chi connectivity index (χ0v) is 23.2. The maximum atomic E-state index is 2.34. The Bertz CT molecular complexity index is 2220. The van der Waals surface area contributed by atoms with E-state index in [-0.39, 0.29) is 0 Å². The van der Waals surface area contributed by atoms with Gasteiger partial charge in [-0.2, -0.15) is 0 Å². The van der Waals surface area contributed by atoms with E-state index >= 15 is 0 Å². The fourth-order valence-corrected chi connectivity index (χ4v) is 6.44. The van der Waals surface area contributed by atoms with Crippen molar-refractivity contribution in [1.82, 2.24) is 0 Å². The van der Waals surface area contributed by atoms with Crippen LogP contribution in [0.15, 0.2) is 170 Å². The number of hydrogen-bond acceptors (Lipinski definition) is 0. The van der Waals surface area contributed by atoms with Crippen molar-refractivity contribution in [2.45, 2.75) is 0 Å². The molecule has 0 bridgehead atoms. The number of fused-ring (bicyclic) bond motifs is 3. The SMILES string of the molecule is c1cc(-c2cccc3ccccc23)cc(-c2ccc(-c3ccc(-c4cccc5ccccc45)cc3)c3ccccc23)c1. The largest absolute Gasteiger partial charge is 0.0616 e. The topological polar surface area (TPSA) is 0 Å². The molecule has 0 aliphatic rings. The molecule has 8 aromatic carbocycles. The zero-order valence-electron chi connectivity index (χ0n) is 23.2. The van der Waals surface area contributed by atoms with E-state index in [9.17, 15) is 0 Å². The van der Waals surface area contributed by atoms with Crippen LogP contribution < -0.4 is 0 Å². The lowest BCUT2D eigenvalue weighted by Crippen LogP contribution is -1.88. The summed E-state index contributed by atoms with van der Waals surface area (Å²) in [7, 11) is 0. The standard InChI is InChI=1S/C42H28/c1-3-16-35-29(10-1)12-8-20-37(35)31-22-24-32(25-23-31)39-26-27-40(42-19-6-5-18-41(39)42)34-15-7-14-33(28-34)38-21-9-13-30-11-2-4-17-36(30)38/h1-28H. The minimum absolute atomic E-state index is 1.23. The van der Waals surface area contributed by atoms with Gasteiger partial charge in [0.05, 0.1) is 0 Å². The Hall–Kier alpha value is -5.46. The Morgan fingerprint density at radius 1 is 0.214 bits per heavy atom. The molecule has 0 spiro atoms. The Labute approximate surface area is 246 Å². The first-order valence-corrected chi connectivity index (χ1v) is 14.5. The highest BCUT2D eigenvalue weighted by Gasteiger charge is 2.12. The van der Waals surface area contributed by atoms with E-state index in [1.54, 1.807) is 0 Å². The smallest absolute Gasteiger partial charge is 0.00992 e. The fourth-order valence-electron chi connectivity index (χ4n) is 6.44. The third-order valence-electron chi connectivity index (χ3n) is 8.49. The molecule has 0 heterocycles. The molecule has 0 saturated carbocycles. The van der Waals surface area contributed by atoms with Crippen molar-refractivity contribution in [2.75, 3.05) is 0 Å². The molecule has 0 aliphatic heterocycles. The maximum absolute atomic E-state index is 2.34. The summed E-state index contributed by atoms with van der Waals surface area (Å²) in [5.41, 5.74) is 9.98. The van der Waals surface area contributed by atoms with Gasteiger partial charge in [0, 0.05) is 0 Å². The average Bonchev–Trinajstić information content (AvgIpc) is 3.07.